The van der Waals surface area contributed by atoms with Crippen molar-refractivity contribution in [2.75, 3.05) is 18.1 Å². The van der Waals surface area contributed by atoms with Crippen LogP contribution in [0.4, 0.5) is 17.1 Å². The minimum Gasteiger partial charge on any atom is -0.507 e. The molecule has 0 fully saturated rings. The zero-order valence-corrected chi connectivity index (χ0v) is 21.8. The maximum Gasteiger partial charge on any atom is 0.397 e. The van der Waals surface area contributed by atoms with Gasteiger partial charge in [-0.15, -0.1) is 10.2 Å². The number of hydrogen-bond donors (Lipinski definition) is 5. The Hall–Kier alpha value is -3.24. The van der Waals surface area contributed by atoms with Crippen molar-refractivity contribution in [1.82, 2.24) is 0 Å². The van der Waals surface area contributed by atoms with Gasteiger partial charge in [0, 0.05) is 6.07 Å². The number of azo groups is 1. The summed E-state index contributed by atoms with van der Waals surface area (Å²) in [5, 5.41) is 17.2. The van der Waals surface area contributed by atoms with Crippen LogP contribution in [0.5, 0.6) is 5.75 Å². The molecule has 0 atom stereocenters. The summed E-state index contributed by atoms with van der Waals surface area (Å²) < 4.78 is 125. The number of hydrogen-bond acceptors (Lipinski definition) is 13. The van der Waals surface area contributed by atoms with Gasteiger partial charge in [0.15, 0.2) is 9.84 Å². The van der Waals surface area contributed by atoms with Crippen LogP contribution in [0.15, 0.2) is 67.4 Å². The zero-order valence-electron chi connectivity index (χ0n) is 18.5. The van der Waals surface area contributed by atoms with E-state index in [0.29, 0.717) is 12.1 Å². The standard InChI is InChI=1S/C18H17N3O13S4/c19-17-15(37(28,29)30)8-10-7-11(36(25,26)27)9-13(22)16(10)18(17)21-20-12-3-1-2-4-14(12)35(23,24)6-5-34-38(31,32)33/h1-4,7-9,22H,5-6,19H2,(H,25,26,27)(H,28,29,30)(H,31,32,33). The normalized spacial score (nSPS) is 13.3. The van der Waals surface area contributed by atoms with Crippen molar-refractivity contribution in [2.45, 2.75) is 14.7 Å². The second-order valence-electron chi connectivity index (χ2n) is 7.36. The number of phenols is 1. The number of sulfone groups is 1. The Bertz CT molecular complexity index is 1900. The van der Waals surface area contributed by atoms with E-state index >= 15 is 0 Å². The molecular weight excluding hydrogens is 594 g/mol. The number of fused-ring (bicyclic) bond motifs is 1. The second-order valence-corrected chi connectivity index (χ2v) is 13.3. The predicted octanol–water partition coefficient (Wildman–Crippen LogP) is 1.63. The van der Waals surface area contributed by atoms with E-state index in [1.54, 1.807) is 0 Å². The van der Waals surface area contributed by atoms with Crippen LogP contribution in [0.25, 0.3) is 10.8 Å². The fourth-order valence-corrected chi connectivity index (χ4v) is 6.02. The Labute approximate surface area is 215 Å². The Morgan fingerprint density at radius 2 is 1.45 bits per heavy atom. The van der Waals surface area contributed by atoms with Gasteiger partial charge in [-0.05, 0) is 29.7 Å². The first-order valence-corrected chi connectivity index (χ1v) is 15.6. The highest BCUT2D eigenvalue weighted by molar-refractivity contribution is 7.91. The lowest BCUT2D eigenvalue weighted by molar-refractivity contribution is 0.284. The van der Waals surface area contributed by atoms with Crippen LogP contribution in [0.1, 0.15) is 0 Å². The van der Waals surface area contributed by atoms with Crippen molar-refractivity contribution in [3.8, 4) is 5.75 Å². The fraction of sp³-hybridized carbons (Fsp3) is 0.111. The van der Waals surface area contributed by atoms with Gasteiger partial charge in [0.25, 0.3) is 20.2 Å². The summed E-state index contributed by atoms with van der Waals surface area (Å²) >= 11 is 0. The molecule has 0 amide bonds. The van der Waals surface area contributed by atoms with Crippen molar-refractivity contribution in [3.63, 3.8) is 0 Å². The van der Waals surface area contributed by atoms with Crippen molar-refractivity contribution >= 4 is 68.3 Å². The van der Waals surface area contributed by atoms with E-state index < -0.39 is 84.6 Å². The molecule has 3 aromatic rings. The Kier molecular flexibility index (Phi) is 7.83. The summed E-state index contributed by atoms with van der Waals surface area (Å²) in [7, 11) is -19.1. The predicted molar refractivity (Wildman–Crippen MR) is 130 cm³/mol. The summed E-state index contributed by atoms with van der Waals surface area (Å²) in [6.07, 6.45) is 0. The lowest BCUT2D eigenvalue weighted by atomic mass is 10.1. The third kappa shape index (κ3) is 6.60. The average Bonchev–Trinajstić information content (AvgIpc) is 2.76. The molecule has 16 nitrogen and oxygen atoms in total. The summed E-state index contributed by atoms with van der Waals surface area (Å²) in [5.41, 5.74) is 4.11. The Morgan fingerprint density at radius 1 is 0.816 bits per heavy atom. The molecule has 0 bridgehead atoms. The van der Waals surface area contributed by atoms with Crippen molar-refractivity contribution in [3.05, 3.63) is 42.5 Å². The first-order valence-electron chi connectivity index (χ1n) is 9.71. The van der Waals surface area contributed by atoms with Gasteiger partial charge in [0.2, 0.25) is 0 Å². The molecular formula is C18H17N3O13S4. The third-order valence-corrected chi connectivity index (χ3v) is 8.69. The van der Waals surface area contributed by atoms with E-state index in [9.17, 15) is 47.9 Å². The molecule has 3 aromatic carbocycles. The molecule has 0 aliphatic carbocycles. The number of benzene rings is 3. The van der Waals surface area contributed by atoms with Crippen LogP contribution in [-0.2, 0) is 44.7 Å². The number of anilines is 1. The molecule has 0 aliphatic rings. The number of phenolic OH excluding ortho intramolecular Hbond substituents is 1. The highest BCUT2D eigenvalue weighted by Gasteiger charge is 2.25. The molecule has 0 heterocycles. The average molecular weight is 612 g/mol. The molecule has 3 rings (SSSR count). The van der Waals surface area contributed by atoms with Crippen LogP contribution in [0, 0.1) is 0 Å². The molecule has 0 saturated heterocycles. The van der Waals surface area contributed by atoms with Gasteiger partial charge < -0.3 is 10.8 Å². The Morgan fingerprint density at radius 3 is 2.03 bits per heavy atom. The summed E-state index contributed by atoms with van der Waals surface area (Å²) in [6, 6.07) is 6.93. The van der Waals surface area contributed by atoms with Crippen LogP contribution < -0.4 is 5.73 Å². The molecule has 6 N–H and O–H groups in total. The molecule has 0 unspecified atom stereocenters. The van der Waals surface area contributed by atoms with Crippen LogP contribution in [0.2, 0.25) is 0 Å². The topological polar surface area (TPSA) is 277 Å². The number of nitrogens with zero attached hydrogens (tertiary/aromatic N) is 2. The van der Waals surface area contributed by atoms with Gasteiger partial charge in [-0.25, -0.2) is 12.6 Å². The maximum absolute atomic E-state index is 12.7. The molecule has 0 aliphatic heterocycles. The lowest BCUT2D eigenvalue weighted by Crippen LogP contribution is -2.15. The first kappa shape index (κ1) is 29.3. The second kappa shape index (κ2) is 10.1. The van der Waals surface area contributed by atoms with Crippen LogP contribution >= 0.6 is 0 Å². The molecule has 0 aromatic heterocycles. The van der Waals surface area contributed by atoms with Crippen LogP contribution in [-0.4, -0.2) is 64.8 Å². The minimum absolute atomic E-state index is 0.363. The quantitative estimate of drug-likeness (QED) is 0.131. The maximum atomic E-state index is 12.7. The molecule has 20 heteroatoms. The summed E-state index contributed by atoms with van der Waals surface area (Å²) in [5.74, 6) is -1.76. The summed E-state index contributed by atoms with van der Waals surface area (Å²) in [4.78, 5) is -2.29. The van der Waals surface area contributed by atoms with E-state index in [4.69, 9.17) is 10.3 Å². The van der Waals surface area contributed by atoms with E-state index in [2.05, 4.69) is 14.4 Å². The van der Waals surface area contributed by atoms with E-state index in [1.807, 2.05) is 0 Å². The zero-order chi connectivity index (χ0) is 28.7. The van der Waals surface area contributed by atoms with Gasteiger partial charge in [0.05, 0.1) is 33.2 Å². The van der Waals surface area contributed by atoms with Crippen molar-refractivity contribution < 1.29 is 56.6 Å². The van der Waals surface area contributed by atoms with Gasteiger partial charge in [-0.2, -0.15) is 25.3 Å². The number of aromatic hydroxyl groups is 1. The number of nitrogen functional groups attached to an aromatic ring is 1. The molecule has 38 heavy (non-hydrogen) atoms. The van der Waals surface area contributed by atoms with Crippen molar-refractivity contribution in [1.29, 1.82) is 0 Å². The van der Waals surface area contributed by atoms with Gasteiger partial charge in [0.1, 0.15) is 22.0 Å². The minimum atomic E-state index is -5.04. The largest absolute Gasteiger partial charge is 0.507 e. The van der Waals surface area contributed by atoms with Gasteiger partial charge in [-0.3, -0.25) is 13.7 Å². The number of rotatable bonds is 9. The first-order chi connectivity index (χ1) is 17.3. The highest BCUT2D eigenvalue weighted by Crippen LogP contribution is 2.43. The summed E-state index contributed by atoms with van der Waals surface area (Å²) in [6.45, 7) is -0.940. The van der Waals surface area contributed by atoms with Gasteiger partial charge in [-0.1, -0.05) is 12.1 Å². The Balaban J connectivity index is 2.23. The smallest absolute Gasteiger partial charge is 0.397 e. The number of nitrogens with two attached hydrogens (primary N) is 1. The molecule has 0 saturated carbocycles. The monoisotopic (exact) mass is 611 g/mol. The molecule has 0 spiro atoms. The fourth-order valence-electron chi connectivity index (χ4n) is 3.20. The SMILES string of the molecule is Nc1c(S(=O)(=O)O)cc2cc(S(=O)(=O)O)cc(O)c2c1N=Nc1ccccc1S(=O)(=O)CCOS(=O)(=O)O. The van der Waals surface area contributed by atoms with E-state index in [-0.39, 0.29) is 16.5 Å². The van der Waals surface area contributed by atoms with E-state index in [1.165, 1.54) is 12.1 Å². The van der Waals surface area contributed by atoms with Gasteiger partial charge >= 0.3 is 10.4 Å². The molecule has 0 radical (unpaired) electrons. The molecule has 206 valence electrons. The van der Waals surface area contributed by atoms with Crippen LogP contribution in [0.3, 0.4) is 0 Å². The lowest BCUT2D eigenvalue weighted by Gasteiger charge is -2.12. The third-order valence-electron chi connectivity index (χ3n) is 4.78. The highest BCUT2D eigenvalue weighted by atomic mass is 32.3. The van der Waals surface area contributed by atoms with Crippen molar-refractivity contribution in [2.24, 2.45) is 10.2 Å². The van der Waals surface area contributed by atoms with E-state index in [0.717, 1.165) is 18.2 Å².